The zero-order chi connectivity index (χ0) is 15.4. The molecule has 0 radical (unpaired) electrons. The highest BCUT2D eigenvalue weighted by atomic mass is 35.5. The number of hydrogen-bond acceptors (Lipinski definition) is 5. The number of nitrogens with zero attached hydrogens (tertiary/aromatic N) is 3. The van der Waals surface area contributed by atoms with Gasteiger partial charge < -0.3 is 15.8 Å². The minimum Gasteiger partial charge on any atom is -0.409 e. The highest BCUT2D eigenvalue weighted by Gasteiger charge is 2.28. The molecule has 0 saturated carbocycles. The maximum absolute atomic E-state index is 12.3. The molecule has 21 heavy (non-hydrogen) atoms. The minimum absolute atomic E-state index is 0.0170. The van der Waals surface area contributed by atoms with Gasteiger partial charge in [0.05, 0.1) is 15.3 Å². The van der Waals surface area contributed by atoms with Gasteiger partial charge in [-0.05, 0) is 18.6 Å². The molecule has 0 aromatic carbocycles. The van der Waals surface area contributed by atoms with Crippen molar-refractivity contribution in [3.8, 4) is 0 Å². The monoisotopic (exact) mass is 330 g/mol. The van der Waals surface area contributed by atoms with Gasteiger partial charge in [0.25, 0.3) is 5.91 Å². The predicted octanol–water partition coefficient (Wildman–Crippen LogP) is 1.68. The largest absolute Gasteiger partial charge is 0.409 e. The third-order valence-electron chi connectivity index (χ3n) is 3.67. The summed E-state index contributed by atoms with van der Waals surface area (Å²) in [6, 6.07) is 3.41. The van der Waals surface area contributed by atoms with Crippen molar-refractivity contribution in [1.29, 1.82) is 0 Å². The summed E-state index contributed by atoms with van der Waals surface area (Å²) in [6.45, 7) is 4.67. The lowest BCUT2D eigenvalue weighted by Crippen LogP contribution is -2.55. The first-order valence-electron chi connectivity index (χ1n) is 6.83. The molecule has 2 heterocycles. The number of carbonyl (C=O) groups excluding carboxylic acids is 1. The Bertz CT molecular complexity index is 526. The van der Waals surface area contributed by atoms with Crippen LogP contribution in [-0.4, -0.2) is 59.0 Å². The number of nitrogens with two attached hydrogens (primary N) is 1. The zero-order valence-electron chi connectivity index (χ0n) is 11.8. The summed E-state index contributed by atoms with van der Waals surface area (Å²) in [5.74, 6) is 0.241. The number of carbonyl (C=O) groups is 1. The molecule has 116 valence electrons. The van der Waals surface area contributed by atoms with Crippen LogP contribution in [0.4, 0.5) is 0 Å². The highest BCUT2D eigenvalue weighted by molar-refractivity contribution is 7.17. The first kappa shape index (κ1) is 16.1. The summed E-state index contributed by atoms with van der Waals surface area (Å²) in [4.78, 5) is 16.9. The summed E-state index contributed by atoms with van der Waals surface area (Å²) in [5, 5.41) is 11.9. The first-order chi connectivity index (χ1) is 10.1. The van der Waals surface area contributed by atoms with Gasteiger partial charge in [-0.25, -0.2) is 0 Å². The van der Waals surface area contributed by atoms with E-state index in [1.54, 1.807) is 12.1 Å². The molecule has 1 amide bonds. The van der Waals surface area contributed by atoms with E-state index in [1.165, 1.54) is 11.3 Å². The lowest BCUT2D eigenvalue weighted by atomic mass is 10.1. The number of piperazine rings is 1. The molecule has 0 aliphatic carbocycles. The van der Waals surface area contributed by atoms with E-state index in [-0.39, 0.29) is 17.8 Å². The number of rotatable bonds is 4. The van der Waals surface area contributed by atoms with Gasteiger partial charge in [-0.2, -0.15) is 0 Å². The van der Waals surface area contributed by atoms with Gasteiger partial charge in [0.1, 0.15) is 0 Å². The number of oxime groups is 1. The van der Waals surface area contributed by atoms with E-state index in [1.807, 2.05) is 11.8 Å². The summed E-state index contributed by atoms with van der Waals surface area (Å²) in [6.07, 6.45) is 0.768. The number of thiophene rings is 1. The van der Waals surface area contributed by atoms with Crippen molar-refractivity contribution < 1.29 is 10.0 Å². The number of halogens is 1. The second kappa shape index (κ2) is 7.11. The van der Waals surface area contributed by atoms with Crippen LogP contribution in [0.2, 0.25) is 4.34 Å². The van der Waals surface area contributed by atoms with Crippen LogP contribution in [0.5, 0.6) is 0 Å². The third kappa shape index (κ3) is 3.66. The zero-order valence-corrected chi connectivity index (χ0v) is 13.4. The molecular formula is C13H19ClN4O2S. The van der Waals surface area contributed by atoms with Gasteiger partial charge in [0.2, 0.25) is 0 Å². The van der Waals surface area contributed by atoms with Gasteiger partial charge in [0.15, 0.2) is 5.84 Å². The van der Waals surface area contributed by atoms with E-state index in [0.717, 1.165) is 6.42 Å². The van der Waals surface area contributed by atoms with E-state index in [0.29, 0.717) is 35.4 Å². The average Bonchev–Trinajstić information content (AvgIpc) is 2.94. The fourth-order valence-electron chi connectivity index (χ4n) is 2.54. The smallest absolute Gasteiger partial charge is 0.264 e. The molecule has 8 heteroatoms. The standard InChI is InChI=1S/C13H19ClN4O2S/c1-2-9(12(15)16-20)17-5-7-18(8-6-17)13(19)10-3-4-11(14)21-10/h3-4,9,20H,2,5-8H2,1H3,(H2,15,16). The van der Waals surface area contributed by atoms with Crippen LogP contribution in [0.1, 0.15) is 23.0 Å². The van der Waals surface area contributed by atoms with E-state index in [9.17, 15) is 4.79 Å². The van der Waals surface area contributed by atoms with Crippen LogP contribution in [0.15, 0.2) is 17.3 Å². The molecule has 0 bridgehead atoms. The van der Waals surface area contributed by atoms with Crippen LogP contribution < -0.4 is 5.73 Å². The fraction of sp³-hybridized carbons (Fsp3) is 0.538. The quantitative estimate of drug-likeness (QED) is 0.381. The fourth-order valence-corrected chi connectivity index (χ4v) is 3.55. The number of amides is 1. The van der Waals surface area contributed by atoms with E-state index in [2.05, 4.69) is 10.1 Å². The second-order valence-corrected chi connectivity index (χ2v) is 6.60. The Morgan fingerprint density at radius 1 is 1.48 bits per heavy atom. The van der Waals surface area contributed by atoms with Crippen molar-refractivity contribution >= 4 is 34.7 Å². The van der Waals surface area contributed by atoms with Gasteiger partial charge in [-0.1, -0.05) is 23.7 Å². The normalized spacial score (nSPS) is 18.8. The van der Waals surface area contributed by atoms with Gasteiger partial charge in [-0.15, -0.1) is 11.3 Å². The summed E-state index contributed by atoms with van der Waals surface area (Å²) in [7, 11) is 0. The van der Waals surface area contributed by atoms with E-state index < -0.39 is 0 Å². The van der Waals surface area contributed by atoms with Crippen molar-refractivity contribution in [2.24, 2.45) is 10.9 Å². The van der Waals surface area contributed by atoms with Crippen molar-refractivity contribution in [2.75, 3.05) is 26.2 Å². The Labute approximate surface area is 132 Å². The SMILES string of the molecule is CCC(C(N)=NO)N1CCN(C(=O)c2ccc(Cl)s2)CC1. The van der Waals surface area contributed by atoms with Gasteiger partial charge >= 0.3 is 0 Å². The third-order valence-corrected chi connectivity index (χ3v) is 4.89. The number of amidine groups is 1. The van der Waals surface area contributed by atoms with Crippen LogP contribution in [-0.2, 0) is 0 Å². The van der Waals surface area contributed by atoms with Gasteiger partial charge in [0, 0.05) is 26.2 Å². The Hall–Kier alpha value is -1.31. The Balaban J connectivity index is 1.95. The lowest BCUT2D eigenvalue weighted by Gasteiger charge is -2.38. The maximum atomic E-state index is 12.3. The molecule has 3 N–H and O–H groups in total. The Morgan fingerprint density at radius 2 is 2.14 bits per heavy atom. The molecular weight excluding hydrogens is 312 g/mol. The van der Waals surface area contributed by atoms with E-state index >= 15 is 0 Å². The van der Waals surface area contributed by atoms with Crippen LogP contribution in [0.3, 0.4) is 0 Å². The van der Waals surface area contributed by atoms with Crippen molar-refractivity contribution in [2.45, 2.75) is 19.4 Å². The van der Waals surface area contributed by atoms with Crippen molar-refractivity contribution in [3.05, 3.63) is 21.3 Å². The molecule has 1 aliphatic rings. The lowest BCUT2D eigenvalue weighted by molar-refractivity contribution is 0.0613. The van der Waals surface area contributed by atoms with Crippen LogP contribution >= 0.6 is 22.9 Å². The molecule has 1 unspecified atom stereocenters. The second-order valence-electron chi connectivity index (χ2n) is 4.88. The van der Waals surface area contributed by atoms with Crippen LogP contribution in [0.25, 0.3) is 0 Å². The molecule has 2 rings (SSSR count). The molecule has 1 fully saturated rings. The minimum atomic E-state index is -0.0802. The summed E-state index contributed by atoms with van der Waals surface area (Å²) >= 11 is 7.16. The molecule has 1 aromatic heterocycles. The van der Waals surface area contributed by atoms with Gasteiger partial charge in [-0.3, -0.25) is 9.69 Å². The summed E-state index contributed by atoms with van der Waals surface area (Å²) < 4.78 is 0.620. The maximum Gasteiger partial charge on any atom is 0.264 e. The number of hydrogen-bond donors (Lipinski definition) is 2. The molecule has 0 spiro atoms. The predicted molar refractivity (Wildman–Crippen MR) is 84.3 cm³/mol. The Kier molecular flexibility index (Phi) is 5.44. The molecule has 1 aromatic rings. The van der Waals surface area contributed by atoms with Crippen LogP contribution in [0, 0.1) is 0 Å². The first-order valence-corrected chi connectivity index (χ1v) is 8.02. The molecule has 1 aliphatic heterocycles. The average molecular weight is 331 g/mol. The topological polar surface area (TPSA) is 82.2 Å². The van der Waals surface area contributed by atoms with Crippen molar-refractivity contribution in [1.82, 2.24) is 9.80 Å². The Morgan fingerprint density at radius 3 is 2.62 bits per heavy atom. The van der Waals surface area contributed by atoms with E-state index in [4.69, 9.17) is 22.5 Å². The molecule has 1 atom stereocenters. The van der Waals surface area contributed by atoms with Crippen molar-refractivity contribution in [3.63, 3.8) is 0 Å². The molecule has 1 saturated heterocycles. The highest BCUT2D eigenvalue weighted by Crippen LogP contribution is 2.23. The molecule has 6 nitrogen and oxygen atoms in total. The summed E-state index contributed by atoms with van der Waals surface area (Å²) in [5.41, 5.74) is 5.71.